The molecular weight excluding hydrogens is 777 g/mol. The van der Waals surface area contributed by atoms with Gasteiger partial charge < -0.3 is 18.3 Å². The molecule has 0 radical (unpaired) electrons. The summed E-state index contributed by atoms with van der Waals surface area (Å²) >= 11 is 0. The Hall–Kier alpha value is -8.08. The first-order valence-electron chi connectivity index (χ1n) is 22.6. The van der Waals surface area contributed by atoms with Crippen molar-refractivity contribution >= 4 is 89.0 Å². The third kappa shape index (κ3) is 5.11. The Morgan fingerprint density at radius 1 is 0.250 bits per heavy atom. The highest BCUT2D eigenvalue weighted by Gasteiger charge is 2.25. The summed E-state index contributed by atoms with van der Waals surface area (Å²) in [5.41, 5.74) is 20.4. The molecule has 0 saturated carbocycles. The van der Waals surface area contributed by atoms with Crippen molar-refractivity contribution in [3.8, 4) is 22.5 Å². The summed E-state index contributed by atoms with van der Waals surface area (Å²) in [4.78, 5) is 0. The van der Waals surface area contributed by atoms with Crippen molar-refractivity contribution in [2.24, 2.45) is 0 Å². The molecule has 0 unspecified atom stereocenters. The minimum Gasteiger partial charge on any atom is -0.313 e. The smallest absolute Gasteiger partial charge is 0.0537 e. The topological polar surface area (TPSA) is 19.7 Å². The number of hydrogen-bond acceptors (Lipinski definition) is 0. The van der Waals surface area contributed by atoms with Gasteiger partial charge in [-0.1, -0.05) is 133 Å². The van der Waals surface area contributed by atoms with E-state index in [-0.39, 0.29) is 0 Å². The summed E-state index contributed by atoms with van der Waals surface area (Å²) in [7, 11) is 0. The molecule has 4 heterocycles. The molecule has 2 aliphatic rings. The molecular formula is C60H42N4. The molecule has 0 fully saturated rings. The van der Waals surface area contributed by atoms with E-state index in [2.05, 4.69) is 225 Å². The van der Waals surface area contributed by atoms with Crippen LogP contribution in [0, 0.1) is 0 Å². The number of para-hydroxylation sites is 6. The largest absolute Gasteiger partial charge is 0.313 e. The normalized spacial score (nSPS) is 13.9. The lowest BCUT2D eigenvalue weighted by Crippen LogP contribution is -2.07. The zero-order chi connectivity index (χ0) is 41.9. The average molecular weight is 819 g/mol. The molecule has 12 aromatic rings. The summed E-state index contributed by atoms with van der Waals surface area (Å²) in [6.07, 6.45) is 8.87. The monoisotopic (exact) mass is 818 g/mol. The van der Waals surface area contributed by atoms with Crippen LogP contribution in [0.3, 0.4) is 0 Å². The molecule has 64 heavy (non-hydrogen) atoms. The van der Waals surface area contributed by atoms with Crippen LogP contribution in [0.1, 0.15) is 35.4 Å². The van der Waals surface area contributed by atoms with Crippen molar-refractivity contribution < 1.29 is 0 Å². The van der Waals surface area contributed by atoms with E-state index in [4.69, 9.17) is 0 Å². The summed E-state index contributed by atoms with van der Waals surface area (Å²) < 4.78 is 9.95. The number of aryl methyl sites for hydroxylation is 2. The molecule has 0 aliphatic heterocycles. The standard InChI is InChI=1S/C60H42N4/c1-9-21-55-45(13-1)46-14-2-10-22-56(46)63(55)43-33-35-51-49-17-5-7-19-53(49)61(59(51)37-43)41-29-25-39(26-30-41)40-27-31-42(32-28-40)62-54-20-8-6-18-50(54)52-36-34-44(38-60(52)62)64-57-23-11-3-15-47(57)48-16-4-12-24-58(48)64/h1-32,37-38H,33-36H2. The fourth-order valence-electron chi connectivity index (χ4n) is 11.4. The summed E-state index contributed by atoms with van der Waals surface area (Å²) in [6.45, 7) is 0. The maximum absolute atomic E-state index is 2.50. The third-order valence-electron chi connectivity index (χ3n) is 14.2. The zero-order valence-electron chi connectivity index (χ0n) is 35.2. The molecule has 8 aromatic carbocycles. The minimum absolute atomic E-state index is 0.985. The SMILES string of the molecule is C1=C(n2c3ccccc3c3ccccc32)CCc2c1n(-c1ccc(-c3ccc(-n4c5c(c6ccccc64)CCC(n4c6ccccc6c6ccccc64)=C5)cc3)cc1)c1ccccc21. The van der Waals surface area contributed by atoms with Crippen LogP contribution in [0.25, 0.3) is 111 Å². The molecule has 0 amide bonds. The lowest BCUT2D eigenvalue weighted by Gasteiger charge is -2.20. The van der Waals surface area contributed by atoms with Crippen LogP contribution in [0.4, 0.5) is 0 Å². The number of allylic oxidation sites excluding steroid dienone is 2. The van der Waals surface area contributed by atoms with Gasteiger partial charge in [-0.3, -0.25) is 0 Å². The van der Waals surface area contributed by atoms with Crippen molar-refractivity contribution in [2.75, 3.05) is 0 Å². The molecule has 302 valence electrons. The van der Waals surface area contributed by atoms with E-state index in [1.165, 1.54) is 122 Å². The van der Waals surface area contributed by atoms with E-state index in [9.17, 15) is 0 Å². The average Bonchev–Trinajstić information content (AvgIpc) is 4.09. The summed E-state index contributed by atoms with van der Waals surface area (Å²) in [6, 6.07) is 71.6. The second-order valence-corrected chi connectivity index (χ2v) is 17.5. The maximum Gasteiger partial charge on any atom is 0.0537 e. The number of fused-ring (bicyclic) bond motifs is 12. The Morgan fingerprint density at radius 3 is 0.859 bits per heavy atom. The highest BCUT2D eigenvalue weighted by atomic mass is 15.0. The van der Waals surface area contributed by atoms with Crippen molar-refractivity contribution in [2.45, 2.75) is 25.7 Å². The third-order valence-corrected chi connectivity index (χ3v) is 14.2. The molecule has 14 rings (SSSR count). The number of rotatable bonds is 5. The van der Waals surface area contributed by atoms with Crippen molar-refractivity contribution in [3.05, 3.63) is 217 Å². The first-order valence-corrected chi connectivity index (χ1v) is 22.6. The summed E-state index contributed by atoms with van der Waals surface area (Å²) in [5, 5.41) is 7.89. The number of benzene rings is 8. The van der Waals surface area contributed by atoms with E-state index in [0.29, 0.717) is 0 Å². The molecule has 4 heteroatoms. The van der Waals surface area contributed by atoms with Gasteiger partial charge in [-0.25, -0.2) is 0 Å². The molecule has 0 N–H and O–H groups in total. The van der Waals surface area contributed by atoms with E-state index < -0.39 is 0 Å². The zero-order valence-corrected chi connectivity index (χ0v) is 35.2. The van der Waals surface area contributed by atoms with Gasteiger partial charge in [-0.05, 0) is 121 Å². The van der Waals surface area contributed by atoms with E-state index >= 15 is 0 Å². The highest BCUT2D eigenvalue weighted by molar-refractivity contribution is 6.12. The Kier molecular flexibility index (Phi) is 7.61. The van der Waals surface area contributed by atoms with Gasteiger partial charge in [0.15, 0.2) is 0 Å². The van der Waals surface area contributed by atoms with E-state index in [1.807, 2.05) is 0 Å². The van der Waals surface area contributed by atoms with Crippen LogP contribution in [-0.2, 0) is 12.8 Å². The first kappa shape index (κ1) is 35.5. The Balaban J connectivity index is 0.844. The molecule has 4 nitrogen and oxygen atoms in total. The minimum atomic E-state index is 0.985. The van der Waals surface area contributed by atoms with Crippen LogP contribution in [0.2, 0.25) is 0 Å². The molecule has 0 bridgehead atoms. The van der Waals surface area contributed by atoms with Crippen LogP contribution in [-0.4, -0.2) is 18.3 Å². The van der Waals surface area contributed by atoms with Crippen LogP contribution >= 0.6 is 0 Å². The van der Waals surface area contributed by atoms with Gasteiger partial charge in [-0.2, -0.15) is 0 Å². The van der Waals surface area contributed by atoms with E-state index in [0.717, 1.165) is 25.7 Å². The second-order valence-electron chi connectivity index (χ2n) is 17.5. The lowest BCUT2D eigenvalue weighted by molar-refractivity contribution is 0.936. The second kappa shape index (κ2) is 13.7. The first-order chi connectivity index (χ1) is 31.8. The van der Waals surface area contributed by atoms with Gasteiger partial charge in [0.1, 0.15) is 0 Å². The highest BCUT2D eigenvalue weighted by Crippen LogP contribution is 2.43. The fourth-order valence-corrected chi connectivity index (χ4v) is 11.4. The van der Waals surface area contributed by atoms with Crippen LogP contribution < -0.4 is 0 Å². The predicted octanol–water partition coefficient (Wildman–Crippen LogP) is 15.3. The van der Waals surface area contributed by atoms with Gasteiger partial charge in [0.05, 0.1) is 44.5 Å². The number of hydrogen-bond donors (Lipinski definition) is 0. The fraction of sp³-hybridized carbons (Fsp3) is 0.0667. The van der Waals surface area contributed by atoms with Crippen molar-refractivity contribution in [1.82, 2.24) is 18.3 Å². The van der Waals surface area contributed by atoms with Gasteiger partial charge in [0, 0.05) is 55.1 Å². The van der Waals surface area contributed by atoms with Crippen LogP contribution in [0.15, 0.2) is 194 Å². The molecule has 2 aliphatic carbocycles. The summed E-state index contributed by atoms with van der Waals surface area (Å²) in [5.74, 6) is 0. The molecule has 4 aromatic heterocycles. The van der Waals surface area contributed by atoms with Gasteiger partial charge in [0.25, 0.3) is 0 Å². The Morgan fingerprint density at radius 2 is 0.531 bits per heavy atom. The van der Waals surface area contributed by atoms with E-state index in [1.54, 1.807) is 0 Å². The predicted molar refractivity (Wildman–Crippen MR) is 269 cm³/mol. The van der Waals surface area contributed by atoms with Gasteiger partial charge >= 0.3 is 0 Å². The lowest BCUT2D eigenvalue weighted by atomic mass is 9.98. The maximum atomic E-state index is 2.50. The van der Waals surface area contributed by atoms with Crippen LogP contribution in [0.5, 0.6) is 0 Å². The quantitative estimate of drug-likeness (QED) is 0.165. The molecule has 0 spiro atoms. The molecule has 0 saturated heterocycles. The van der Waals surface area contributed by atoms with Gasteiger partial charge in [0.2, 0.25) is 0 Å². The Labute approximate surface area is 370 Å². The van der Waals surface area contributed by atoms with Crippen molar-refractivity contribution in [3.63, 3.8) is 0 Å². The van der Waals surface area contributed by atoms with Gasteiger partial charge in [-0.15, -0.1) is 0 Å². The number of aromatic nitrogens is 4. The number of nitrogens with zero attached hydrogens (tertiary/aromatic N) is 4. The Bertz CT molecular complexity index is 3570. The molecule has 0 atom stereocenters. The van der Waals surface area contributed by atoms with Crippen molar-refractivity contribution in [1.29, 1.82) is 0 Å².